The Hall–Kier alpha value is -1.30. The highest BCUT2D eigenvalue weighted by Crippen LogP contribution is 2.22. The number of hydrogen-bond acceptors (Lipinski definition) is 5. The van der Waals surface area contributed by atoms with E-state index in [-0.39, 0.29) is 25.7 Å². The molecule has 0 amide bonds. The highest BCUT2D eigenvalue weighted by molar-refractivity contribution is 5.69. The molecule has 0 radical (unpaired) electrons. The van der Waals surface area contributed by atoms with Crippen molar-refractivity contribution in [2.45, 2.75) is 38.1 Å². The molecule has 0 bridgehead atoms. The van der Waals surface area contributed by atoms with Crippen LogP contribution in [0, 0.1) is 0 Å². The number of nitrogens with zero attached hydrogens (tertiary/aromatic N) is 3. The van der Waals surface area contributed by atoms with Gasteiger partial charge in [0.2, 0.25) is 0 Å². The summed E-state index contributed by atoms with van der Waals surface area (Å²) in [6.07, 6.45) is -0.241. The molecular formula is C9H15N3O4. The van der Waals surface area contributed by atoms with E-state index < -0.39 is 18.2 Å². The summed E-state index contributed by atoms with van der Waals surface area (Å²) in [4.78, 5) is 13.8. The van der Waals surface area contributed by atoms with Crippen LogP contribution in [-0.2, 0) is 14.3 Å². The number of aliphatic hydroxyl groups is 1. The van der Waals surface area contributed by atoms with E-state index in [0.717, 1.165) is 0 Å². The maximum absolute atomic E-state index is 11.3. The Morgan fingerprint density at radius 3 is 3.12 bits per heavy atom. The van der Waals surface area contributed by atoms with Crippen molar-refractivity contribution in [3.8, 4) is 0 Å². The largest absolute Gasteiger partial charge is 0.459 e. The summed E-state index contributed by atoms with van der Waals surface area (Å²) in [6.45, 7) is 1.78. The van der Waals surface area contributed by atoms with Gasteiger partial charge in [0.15, 0.2) is 0 Å². The number of carbonyl (C=O) groups is 1. The molecule has 7 heteroatoms. The molecule has 16 heavy (non-hydrogen) atoms. The first-order valence-corrected chi connectivity index (χ1v) is 5.14. The Morgan fingerprint density at radius 2 is 2.50 bits per heavy atom. The molecule has 1 saturated heterocycles. The maximum Gasteiger partial charge on any atom is 0.306 e. The lowest BCUT2D eigenvalue weighted by molar-refractivity contribution is -0.152. The van der Waals surface area contributed by atoms with Crippen molar-refractivity contribution < 1.29 is 19.4 Å². The lowest BCUT2D eigenvalue weighted by atomic mass is 10.1. The number of aliphatic hydroxyl groups excluding tert-OH is 1. The standard InChI is InChI=1S/C9H15N3O4/c1-6-4-7(8(5-13)15-6)16-9(14)2-3-11-12-10/h6-8,13H,2-5H2,1H3/t6-,7+,8+/m0/s1. The summed E-state index contributed by atoms with van der Waals surface area (Å²) in [6, 6.07) is 0. The highest BCUT2D eigenvalue weighted by atomic mass is 16.6. The third-order valence-electron chi connectivity index (χ3n) is 2.33. The van der Waals surface area contributed by atoms with Gasteiger partial charge in [-0.25, -0.2) is 0 Å². The van der Waals surface area contributed by atoms with Crippen molar-refractivity contribution in [3.05, 3.63) is 10.4 Å². The van der Waals surface area contributed by atoms with Crippen molar-refractivity contribution >= 4 is 5.97 Å². The zero-order valence-corrected chi connectivity index (χ0v) is 9.07. The van der Waals surface area contributed by atoms with Gasteiger partial charge in [0, 0.05) is 17.9 Å². The molecular weight excluding hydrogens is 214 g/mol. The van der Waals surface area contributed by atoms with Gasteiger partial charge in [0.1, 0.15) is 12.2 Å². The van der Waals surface area contributed by atoms with Gasteiger partial charge in [-0.05, 0) is 12.5 Å². The fourth-order valence-electron chi connectivity index (χ4n) is 1.62. The van der Waals surface area contributed by atoms with Crippen molar-refractivity contribution in [3.63, 3.8) is 0 Å². The first-order valence-electron chi connectivity index (χ1n) is 5.14. The Labute approximate surface area is 93.0 Å². The predicted octanol–water partition coefficient (Wildman–Crippen LogP) is 0.768. The molecule has 1 heterocycles. The Bertz CT molecular complexity index is 290. The summed E-state index contributed by atoms with van der Waals surface area (Å²) in [5.41, 5.74) is 8.03. The van der Waals surface area contributed by atoms with Crippen LogP contribution in [0.25, 0.3) is 10.4 Å². The lowest BCUT2D eigenvalue weighted by Crippen LogP contribution is -2.30. The van der Waals surface area contributed by atoms with Crippen molar-refractivity contribution in [1.29, 1.82) is 0 Å². The molecule has 7 nitrogen and oxygen atoms in total. The molecule has 0 spiro atoms. The number of carbonyl (C=O) groups excluding carboxylic acids is 1. The van der Waals surface area contributed by atoms with Gasteiger partial charge in [-0.2, -0.15) is 0 Å². The molecule has 0 aromatic rings. The van der Waals surface area contributed by atoms with Gasteiger partial charge in [0.05, 0.1) is 19.1 Å². The van der Waals surface area contributed by atoms with Crippen LogP contribution in [0.1, 0.15) is 19.8 Å². The third kappa shape index (κ3) is 3.69. The Kier molecular flexibility index (Phi) is 5.04. The van der Waals surface area contributed by atoms with Crippen LogP contribution < -0.4 is 0 Å². The normalized spacial score (nSPS) is 28.5. The quantitative estimate of drug-likeness (QED) is 0.325. The number of rotatable bonds is 5. The summed E-state index contributed by atoms with van der Waals surface area (Å²) in [7, 11) is 0. The lowest BCUT2D eigenvalue weighted by Gasteiger charge is -2.16. The van der Waals surface area contributed by atoms with Crippen LogP contribution >= 0.6 is 0 Å². The van der Waals surface area contributed by atoms with Gasteiger partial charge >= 0.3 is 5.97 Å². The Morgan fingerprint density at radius 1 is 1.75 bits per heavy atom. The molecule has 0 aromatic carbocycles. The first-order chi connectivity index (χ1) is 7.67. The molecule has 0 unspecified atom stereocenters. The molecule has 1 aliphatic heterocycles. The van der Waals surface area contributed by atoms with Crippen molar-refractivity contribution in [2.75, 3.05) is 13.2 Å². The summed E-state index contributed by atoms with van der Waals surface area (Å²) >= 11 is 0. The molecule has 90 valence electrons. The highest BCUT2D eigenvalue weighted by Gasteiger charge is 2.35. The van der Waals surface area contributed by atoms with Crippen LogP contribution in [0.2, 0.25) is 0 Å². The van der Waals surface area contributed by atoms with Crippen LogP contribution in [0.4, 0.5) is 0 Å². The van der Waals surface area contributed by atoms with E-state index in [2.05, 4.69) is 10.0 Å². The van der Waals surface area contributed by atoms with Gasteiger partial charge in [-0.15, -0.1) is 0 Å². The average Bonchev–Trinajstić information content (AvgIpc) is 2.59. The summed E-state index contributed by atoms with van der Waals surface area (Å²) in [5.74, 6) is -0.437. The van der Waals surface area contributed by atoms with E-state index in [1.165, 1.54) is 0 Å². The molecule has 3 atom stereocenters. The van der Waals surface area contributed by atoms with Crippen LogP contribution in [0.5, 0.6) is 0 Å². The average molecular weight is 229 g/mol. The fraction of sp³-hybridized carbons (Fsp3) is 0.889. The first kappa shape index (κ1) is 12.8. The SMILES string of the molecule is C[C@H]1C[C@@H](OC(=O)CCN=[N+]=[N-])[C@@H](CO)O1. The topological polar surface area (TPSA) is 105 Å². The summed E-state index contributed by atoms with van der Waals surface area (Å²) in [5, 5.41) is 12.2. The molecule has 1 fully saturated rings. The van der Waals surface area contributed by atoms with Gasteiger partial charge in [-0.1, -0.05) is 5.11 Å². The monoisotopic (exact) mass is 229 g/mol. The van der Waals surface area contributed by atoms with Crippen molar-refractivity contribution in [1.82, 2.24) is 0 Å². The van der Waals surface area contributed by atoms with E-state index in [0.29, 0.717) is 6.42 Å². The number of hydrogen-bond donors (Lipinski definition) is 1. The van der Waals surface area contributed by atoms with E-state index in [9.17, 15) is 4.79 Å². The maximum atomic E-state index is 11.3. The molecule has 1 N–H and O–H groups in total. The van der Waals surface area contributed by atoms with E-state index in [1.54, 1.807) is 0 Å². The molecule has 0 saturated carbocycles. The minimum atomic E-state index is -0.446. The molecule has 0 aliphatic carbocycles. The van der Waals surface area contributed by atoms with Gasteiger partial charge in [-0.3, -0.25) is 4.79 Å². The smallest absolute Gasteiger partial charge is 0.306 e. The van der Waals surface area contributed by atoms with E-state index >= 15 is 0 Å². The Balaban J connectivity index is 2.35. The second-order valence-electron chi connectivity index (χ2n) is 3.64. The molecule has 1 aliphatic rings. The van der Waals surface area contributed by atoms with Crippen LogP contribution in [0.15, 0.2) is 5.11 Å². The van der Waals surface area contributed by atoms with Crippen LogP contribution in [-0.4, -0.2) is 42.5 Å². The second-order valence-corrected chi connectivity index (χ2v) is 3.64. The minimum Gasteiger partial charge on any atom is -0.459 e. The molecule has 0 aromatic heterocycles. The number of esters is 1. The van der Waals surface area contributed by atoms with E-state index in [4.69, 9.17) is 20.1 Å². The summed E-state index contributed by atoms with van der Waals surface area (Å²) < 4.78 is 10.5. The zero-order valence-electron chi connectivity index (χ0n) is 9.07. The molecule has 1 rings (SSSR count). The number of ether oxygens (including phenoxy) is 2. The van der Waals surface area contributed by atoms with Crippen molar-refractivity contribution in [2.24, 2.45) is 5.11 Å². The minimum absolute atomic E-state index is 0.0212. The zero-order chi connectivity index (χ0) is 12.0. The third-order valence-corrected chi connectivity index (χ3v) is 2.33. The second kappa shape index (κ2) is 6.32. The predicted molar refractivity (Wildman–Crippen MR) is 54.5 cm³/mol. The van der Waals surface area contributed by atoms with Gasteiger partial charge in [0.25, 0.3) is 0 Å². The fourth-order valence-corrected chi connectivity index (χ4v) is 1.62. The van der Waals surface area contributed by atoms with E-state index in [1.807, 2.05) is 6.92 Å². The van der Waals surface area contributed by atoms with Gasteiger partial charge < -0.3 is 14.6 Å². The number of azide groups is 1. The van der Waals surface area contributed by atoms with Crippen LogP contribution in [0.3, 0.4) is 0 Å².